The molecule has 1 aliphatic heterocycles. The molecule has 4 N–H and O–H groups in total. The molecule has 0 saturated carbocycles. The quantitative estimate of drug-likeness (QED) is 0.590. The highest BCUT2D eigenvalue weighted by Gasteiger charge is 2.40. The first-order chi connectivity index (χ1) is 14.2. The lowest BCUT2D eigenvalue weighted by Crippen LogP contribution is -2.43. The Hall–Kier alpha value is -3.56. The standard InChI is InChI=1S/C20H24N8O2/c1-11-15-4-12(6-22-16(15)27-26-11)17(29)23-9-14-5-20(2,3)10-28(14)18(30)13-7-24-19(21)25-8-13/h4,6-8,14H,5,9-10H2,1-3H3,(H,23,29)(H2,21,24,25)(H,22,26,27)/t14-/m0/s1. The number of hydrogen-bond acceptors (Lipinski definition) is 7. The molecule has 3 aromatic heterocycles. The second-order valence-electron chi connectivity index (χ2n) is 8.44. The van der Waals surface area contributed by atoms with E-state index in [0.29, 0.717) is 29.9 Å². The molecule has 4 rings (SSSR count). The Bertz CT molecular complexity index is 1110. The van der Waals surface area contributed by atoms with Crippen molar-refractivity contribution in [3.05, 3.63) is 41.5 Å². The highest BCUT2D eigenvalue weighted by Crippen LogP contribution is 2.34. The first-order valence-electron chi connectivity index (χ1n) is 9.71. The summed E-state index contributed by atoms with van der Waals surface area (Å²) in [5.74, 6) is -0.287. The molecule has 0 aliphatic carbocycles. The predicted octanol–water partition coefficient (Wildman–Crippen LogP) is 1.31. The number of likely N-dealkylation sites (tertiary alicyclic amines) is 1. The molecule has 0 unspecified atom stereocenters. The highest BCUT2D eigenvalue weighted by molar-refractivity contribution is 5.97. The van der Waals surface area contributed by atoms with Crippen molar-refractivity contribution in [3.63, 3.8) is 0 Å². The van der Waals surface area contributed by atoms with Crippen LogP contribution >= 0.6 is 0 Å². The predicted molar refractivity (Wildman–Crippen MR) is 111 cm³/mol. The number of fused-ring (bicyclic) bond motifs is 1. The van der Waals surface area contributed by atoms with Gasteiger partial charge >= 0.3 is 0 Å². The third-order valence-corrected chi connectivity index (χ3v) is 5.37. The van der Waals surface area contributed by atoms with Crippen molar-refractivity contribution in [2.75, 3.05) is 18.8 Å². The van der Waals surface area contributed by atoms with Gasteiger partial charge in [0.2, 0.25) is 5.95 Å². The normalized spacial score (nSPS) is 18.0. The number of aromatic nitrogens is 5. The molecule has 1 aliphatic rings. The van der Waals surface area contributed by atoms with E-state index >= 15 is 0 Å². The first-order valence-corrected chi connectivity index (χ1v) is 9.71. The lowest BCUT2D eigenvalue weighted by Gasteiger charge is -2.25. The van der Waals surface area contributed by atoms with Crippen molar-refractivity contribution in [2.45, 2.75) is 33.2 Å². The summed E-state index contributed by atoms with van der Waals surface area (Å²) in [5, 5.41) is 10.7. The largest absolute Gasteiger partial charge is 0.368 e. The van der Waals surface area contributed by atoms with E-state index in [9.17, 15) is 9.59 Å². The summed E-state index contributed by atoms with van der Waals surface area (Å²) in [5.41, 5.74) is 7.71. The summed E-state index contributed by atoms with van der Waals surface area (Å²) in [6.45, 7) is 7.01. The third-order valence-electron chi connectivity index (χ3n) is 5.37. The second kappa shape index (κ2) is 7.36. The topological polar surface area (TPSA) is 143 Å². The molecule has 0 bridgehead atoms. The highest BCUT2D eigenvalue weighted by atomic mass is 16.2. The molecular formula is C20H24N8O2. The summed E-state index contributed by atoms with van der Waals surface area (Å²) >= 11 is 0. The van der Waals surface area contributed by atoms with Gasteiger partial charge in [-0.05, 0) is 24.8 Å². The van der Waals surface area contributed by atoms with Crippen LogP contribution in [0.25, 0.3) is 11.0 Å². The van der Waals surface area contributed by atoms with Gasteiger partial charge in [-0.15, -0.1) is 0 Å². The van der Waals surface area contributed by atoms with Crippen LogP contribution in [0.5, 0.6) is 0 Å². The van der Waals surface area contributed by atoms with Crippen LogP contribution in [-0.2, 0) is 0 Å². The smallest absolute Gasteiger partial charge is 0.257 e. The number of amides is 2. The van der Waals surface area contributed by atoms with Crippen molar-refractivity contribution in [3.8, 4) is 0 Å². The van der Waals surface area contributed by atoms with Gasteiger partial charge in [0.1, 0.15) is 0 Å². The number of carbonyl (C=O) groups is 2. The molecule has 10 heteroatoms. The Morgan fingerprint density at radius 2 is 1.93 bits per heavy atom. The summed E-state index contributed by atoms with van der Waals surface area (Å²) < 4.78 is 0. The Labute approximate surface area is 173 Å². The molecule has 1 saturated heterocycles. The van der Waals surface area contributed by atoms with Crippen LogP contribution in [0.4, 0.5) is 5.95 Å². The van der Waals surface area contributed by atoms with E-state index in [1.807, 2.05) is 6.92 Å². The van der Waals surface area contributed by atoms with Gasteiger partial charge in [0.15, 0.2) is 5.65 Å². The van der Waals surface area contributed by atoms with Gasteiger partial charge in [0.05, 0.1) is 11.1 Å². The second-order valence-corrected chi connectivity index (χ2v) is 8.44. The number of rotatable bonds is 4. The molecule has 0 aromatic carbocycles. The zero-order chi connectivity index (χ0) is 21.5. The van der Waals surface area contributed by atoms with Gasteiger partial charge in [-0.1, -0.05) is 13.8 Å². The van der Waals surface area contributed by atoms with E-state index in [2.05, 4.69) is 44.3 Å². The molecule has 1 atom stereocenters. The van der Waals surface area contributed by atoms with Crippen LogP contribution in [0.3, 0.4) is 0 Å². The molecule has 0 spiro atoms. The number of hydrogen-bond donors (Lipinski definition) is 3. The van der Waals surface area contributed by atoms with Gasteiger partial charge in [-0.2, -0.15) is 5.10 Å². The Kier molecular flexibility index (Phi) is 4.84. The first kappa shape index (κ1) is 19.7. The Morgan fingerprint density at radius 3 is 2.67 bits per heavy atom. The molecule has 3 aromatic rings. The molecular weight excluding hydrogens is 384 g/mol. The molecule has 1 fully saturated rings. The summed E-state index contributed by atoms with van der Waals surface area (Å²) in [4.78, 5) is 39.5. The van der Waals surface area contributed by atoms with Crippen LogP contribution in [0.15, 0.2) is 24.7 Å². The van der Waals surface area contributed by atoms with Crippen LogP contribution in [-0.4, -0.2) is 61.0 Å². The minimum Gasteiger partial charge on any atom is -0.368 e. The van der Waals surface area contributed by atoms with E-state index in [4.69, 9.17) is 5.73 Å². The molecule has 0 radical (unpaired) electrons. The fraction of sp³-hybridized carbons (Fsp3) is 0.400. The zero-order valence-electron chi connectivity index (χ0n) is 17.1. The molecule has 10 nitrogen and oxygen atoms in total. The van der Waals surface area contributed by atoms with Gasteiger partial charge in [0, 0.05) is 48.8 Å². The van der Waals surface area contributed by atoms with E-state index in [1.54, 1.807) is 11.0 Å². The number of pyridine rings is 1. The number of nitrogen functional groups attached to an aromatic ring is 1. The average Bonchev–Trinajstić information content (AvgIpc) is 3.24. The van der Waals surface area contributed by atoms with Crippen LogP contribution in [0.1, 0.15) is 46.7 Å². The molecule has 30 heavy (non-hydrogen) atoms. The minimum atomic E-state index is -0.238. The number of aromatic amines is 1. The van der Waals surface area contributed by atoms with Crippen molar-refractivity contribution in [1.82, 2.24) is 35.4 Å². The van der Waals surface area contributed by atoms with Crippen LogP contribution in [0.2, 0.25) is 0 Å². The Morgan fingerprint density at radius 1 is 1.23 bits per heavy atom. The van der Waals surface area contributed by atoms with Gasteiger partial charge in [0.25, 0.3) is 11.8 Å². The maximum Gasteiger partial charge on any atom is 0.257 e. The maximum absolute atomic E-state index is 13.0. The average molecular weight is 408 g/mol. The van der Waals surface area contributed by atoms with Crippen molar-refractivity contribution < 1.29 is 9.59 Å². The molecule has 156 valence electrons. The number of nitrogens with zero attached hydrogens (tertiary/aromatic N) is 5. The van der Waals surface area contributed by atoms with Gasteiger partial charge in [-0.3, -0.25) is 14.7 Å². The van der Waals surface area contributed by atoms with E-state index in [-0.39, 0.29) is 29.2 Å². The van der Waals surface area contributed by atoms with Crippen molar-refractivity contribution in [2.24, 2.45) is 5.41 Å². The zero-order valence-corrected chi connectivity index (χ0v) is 17.1. The summed E-state index contributed by atoms with van der Waals surface area (Å²) in [6.07, 6.45) is 5.14. The van der Waals surface area contributed by atoms with E-state index in [1.165, 1.54) is 18.6 Å². The summed E-state index contributed by atoms with van der Waals surface area (Å²) in [7, 11) is 0. The SMILES string of the molecule is Cc1[nH]nc2ncc(C(=O)NC[C@@H]3CC(C)(C)CN3C(=O)c3cnc(N)nc3)cc12. The fourth-order valence-electron chi connectivity index (χ4n) is 3.89. The molecule has 2 amide bonds. The van der Waals surface area contributed by atoms with E-state index in [0.717, 1.165) is 17.5 Å². The van der Waals surface area contributed by atoms with Crippen molar-refractivity contribution >= 4 is 28.8 Å². The van der Waals surface area contributed by atoms with Gasteiger partial charge < -0.3 is 16.0 Å². The number of H-pyrrole nitrogens is 1. The lowest BCUT2D eigenvalue weighted by molar-refractivity contribution is 0.0715. The Balaban J connectivity index is 1.48. The van der Waals surface area contributed by atoms with Gasteiger partial charge in [-0.25, -0.2) is 15.0 Å². The minimum absolute atomic E-state index is 0.0614. The lowest BCUT2D eigenvalue weighted by atomic mass is 9.91. The number of aryl methyl sites for hydroxylation is 1. The van der Waals surface area contributed by atoms with E-state index < -0.39 is 0 Å². The van der Waals surface area contributed by atoms with Crippen LogP contribution < -0.4 is 11.1 Å². The van der Waals surface area contributed by atoms with Crippen molar-refractivity contribution in [1.29, 1.82) is 0 Å². The number of carbonyl (C=O) groups excluding carboxylic acids is 2. The maximum atomic E-state index is 13.0. The summed E-state index contributed by atoms with van der Waals surface area (Å²) in [6, 6.07) is 1.63. The monoisotopic (exact) mass is 408 g/mol. The van der Waals surface area contributed by atoms with Crippen LogP contribution in [0, 0.1) is 12.3 Å². The number of nitrogens with one attached hydrogen (secondary N) is 2. The fourth-order valence-corrected chi connectivity index (χ4v) is 3.89. The number of anilines is 1. The number of nitrogens with two attached hydrogens (primary N) is 1. The third kappa shape index (κ3) is 3.80. The molecule has 4 heterocycles.